The molecule has 2 aromatic carbocycles. The number of ether oxygens (including phenoxy) is 1. The largest absolute Gasteiger partial charge is 0.508 e. The van der Waals surface area contributed by atoms with Crippen LogP contribution in [0.4, 0.5) is 0 Å². The Labute approximate surface area is 146 Å². The fourth-order valence-electron chi connectivity index (χ4n) is 3.16. The lowest BCUT2D eigenvalue weighted by Crippen LogP contribution is -2.09. The van der Waals surface area contributed by atoms with Crippen LogP contribution in [0.3, 0.4) is 0 Å². The average Bonchev–Trinajstić information content (AvgIpc) is 2.80. The van der Waals surface area contributed by atoms with Gasteiger partial charge in [0.1, 0.15) is 11.5 Å². The number of esters is 1. The Morgan fingerprint density at radius 1 is 1.12 bits per heavy atom. The van der Waals surface area contributed by atoms with E-state index in [4.69, 9.17) is 4.74 Å². The molecule has 130 valence electrons. The third kappa shape index (κ3) is 3.31. The molecule has 0 fully saturated rings. The summed E-state index contributed by atoms with van der Waals surface area (Å²) in [5.74, 6) is 0.584. The van der Waals surface area contributed by atoms with Crippen molar-refractivity contribution in [2.75, 3.05) is 0 Å². The molecule has 0 saturated heterocycles. The zero-order valence-corrected chi connectivity index (χ0v) is 14.5. The maximum Gasteiger partial charge on any atom is 0.308 e. The van der Waals surface area contributed by atoms with E-state index in [0.29, 0.717) is 12.3 Å². The van der Waals surface area contributed by atoms with Gasteiger partial charge in [0.15, 0.2) is 5.75 Å². The number of hydrogen-bond donors (Lipinski definition) is 2. The Morgan fingerprint density at radius 2 is 1.84 bits per heavy atom. The molecular weight excluding hydrogens is 318 g/mol. The Hall–Kier alpha value is -2.95. The van der Waals surface area contributed by atoms with Crippen molar-refractivity contribution < 1.29 is 19.7 Å². The first-order valence-electron chi connectivity index (χ1n) is 8.18. The van der Waals surface area contributed by atoms with Gasteiger partial charge >= 0.3 is 5.97 Å². The predicted octanol–water partition coefficient (Wildman–Crippen LogP) is 4.15. The molecule has 0 atom stereocenters. The quantitative estimate of drug-likeness (QED) is 0.701. The summed E-state index contributed by atoms with van der Waals surface area (Å²) in [7, 11) is 0. The van der Waals surface area contributed by atoms with Gasteiger partial charge in [-0.25, -0.2) is 0 Å². The number of rotatable bonds is 4. The second-order valence-corrected chi connectivity index (χ2v) is 6.42. The van der Waals surface area contributed by atoms with Crippen molar-refractivity contribution in [1.82, 2.24) is 4.57 Å². The van der Waals surface area contributed by atoms with Crippen molar-refractivity contribution in [3.8, 4) is 17.2 Å². The lowest BCUT2D eigenvalue weighted by Gasteiger charge is -2.15. The fourth-order valence-corrected chi connectivity index (χ4v) is 3.16. The second kappa shape index (κ2) is 6.51. The highest BCUT2D eigenvalue weighted by molar-refractivity contribution is 5.92. The van der Waals surface area contributed by atoms with E-state index >= 15 is 0 Å². The lowest BCUT2D eigenvalue weighted by atomic mass is 10.1. The number of fused-ring (bicyclic) bond motifs is 1. The minimum absolute atomic E-state index is 0.0983. The molecule has 0 amide bonds. The van der Waals surface area contributed by atoms with Gasteiger partial charge in [0.2, 0.25) is 0 Å². The summed E-state index contributed by atoms with van der Waals surface area (Å²) in [6.45, 7) is 5.92. The molecule has 0 spiro atoms. The van der Waals surface area contributed by atoms with Crippen LogP contribution in [-0.4, -0.2) is 20.7 Å². The second-order valence-electron chi connectivity index (χ2n) is 6.42. The molecule has 3 aromatic rings. The smallest absolute Gasteiger partial charge is 0.308 e. The van der Waals surface area contributed by atoms with E-state index in [1.54, 1.807) is 36.4 Å². The number of aromatic hydroxyl groups is 2. The first-order valence-corrected chi connectivity index (χ1v) is 8.18. The molecule has 0 saturated carbocycles. The number of phenols is 2. The van der Waals surface area contributed by atoms with Gasteiger partial charge < -0.3 is 19.5 Å². The molecule has 0 aliphatic heterocycles. The minimum atomic E-state index is -0.383. The number of phenolic OH excluding ortho intramolecular Hbond substituents is 2. The first-order chi connectivity index (χ1) is 11.9. The van der Waals surface area contributed by atoms with Gasteiger partial charge in [0, 0.05) is 24.9 Å². The zero-order chi connectivity index (χ0) is 18.1. The van der Waals surface area contributed by atoms with Gasteiger partial charge in [-0.2, -0.15) is 0 Å². The average molecular weight is 339 g/mol. The van der Waals surface area contributed by atoms with Crippen LogP contribution in [0.1, 0.15) is 37.9 Å². The van der Waals surface area contributed by atoms with Crippen LogP contribution in [0, 0.1) is 0 Å². The number of nitrogens with zero attached hydrogens (tertiary/aromatic N) is 1. The van der Waals surface area contributed by atoms with Crippen LogP contribution >= 0.6 is 0 Å². The van der Waals surface area contributed by atoms with E-state index in [2.05, 4.69) is 0 Å². The van der Waals surface area contributed by atoms with Gasteiger partial charge in [0.25, 0.3) is 0 Å². The van der Waals surface area contributed by atoms with E-state index in [0.717, 1.165) is 22.2 Å². The monoisotopic (exact) mass is 339 g/mol. The lowest BCUT2D eigenvalue weighted by molar-refractivity contribution is -0.131. The molecule has 1 aromatic heterocycles. The maximum atomic E-state index is 11.6. The molecule has 0 aliphatic rings. The number of benzene rings is 2. The molecule has 0 unspecified atom stereocenters. The van der Waals surface area contributed by atoms with Crippen molar-refractivity contribution in [2.24, 2.45) is 0 Å². The predicted molar refractivity (Wildman–Crippen MR) is 96.2 cm³/mol. The highest BCUT2D eigenvalue weighted by Gasteiger charge is 2.22. The van der Waals surface area contributed by atoms with Crippen molar-refractivity contribution in [1.29, 1.82) is 0 Å². The summed E-state index contributed by atoms with van der Waals surface area (Å²) in [6, 6.07) is 12.0. The summed E-state index contributed by atoms with van der Waals surface area (Å²) >= 11 is 0. The van der Waals surface area contributed by atoms with Crippen LogP contribution in [-0.2, 0) is 11.3 Å². The minimum Gasteiger partial charge on any atom is -0.508 e. The molecule has 2 N–H and O–H groups in total. The third-order valence-electron chi connectivity index (χ3n) is 4.08. The Balaban J connectivity index is 2.25. The highest BCUT2D eigenvalue weighted by atomic mass is 16.5. The normalized spacial score (nSPS) is 11.2. The van der Waals surface area contributed by atoms with Crippen molar-refractivity contribution >= 4 is 16.9 Å². The van der Waals surface area contributed by atoms with E-state index in [1.165, 1.54) is 6.92 Å². The molecule has 0 bridgehead atoms. The zero-order valence-electron chi connectivity index (χ0n) is 14.5. The van der Waals surface area contributed by atoms with Crippen LogP contribution in [0.5, 0.6) is 17.2 Å². The summed E-state index contributed by atoms with van der Waals surface area (Å²) < 4.78 is 7.53. The number of hydrogen-bond acceptors (Lipinski definition) is 4. The summed E-state index contributed by atoms with van der Waals surface area (Å²) in [4.78, 5) is 11.6. The summed E-state index contributed by atoms with van der Waals surface area (Å²) in [6.07, 6.45) is 0. The highest BCUT2D eigenvalue weighted by Crippen LogP contribution is 2.39. The molecule has 1 heterocycles. The van der Waals surface area contributed by atoms with E-state index in [9.17, 15) is 15.0 Å². The number of carbonyl (C=O) groups is 1. The van der Waals surface area contributed by atoms with Crippen LogP contribution in [0.25, 0.3) is 10.9 Å². The van der Waals surface area contributed by atoms with E-state index in [-0.39, 0.29) is 23.4 Å². The van der Waals surface area contributed by atoms with Crippen molar-refractivity contribution in [3.05, 3.63) is 53.7 Å². The molecule has 0 aliphatic carbocycles. The summed E-state index contributed by atoms with van der Waals surface area (Å²) in [5, 5.41) is 20.4. The third-order valence-corrected chi connectivity index (χ3v) is 4.08. The Kier molecular flexibility index (Phi) is 4.40. The summed E-state index contributed by atoms with van der Waals surface area (Å²) in [5.41, 5.74) is 2.57. The molecular formula is C20H21NO4. The Morgan fingerprint density at radius 3 is 2.48 bits per heavy atom. The van der Waals surface area contributed by atoms with Gasteiger partial charge in [0.05, 0.1) is 11.2 Å². The molecule has 5 heteroatoms. The fraction of sp³-hybridized carbons (Fsp3) is 0.250. The van der Waals surface area contributed by atoms with Gasteiger partial charge in [-0.3, -0.25) is 4.79 Å². The number of carbonyl (C=O) groups excluding carboxylic acids is 1. The van der Waals surface area contributed by atoms with Gasteiger partial charge in [-0.05, 0) is 35.7 Å². The first kappa shape index (κ1) is 16.9. The molecule has 25 heavy (non-hydrogen) atoms. The number of aromatic nitrogens is 1. The van der Waals surface area contributed by atoms with E-state index < -0.39 is 0 Å². The molecule has 0 radical (unpaired) electrons. The van der Waals surface area contributed by atoms with Crippen LogP contribution < -0.4 is 4.74 Å². The topological polar surface area (TPSA) is 71.7 Å². The molecule has 5 nitrogen and oxygen atoms in total. The maximum absolute atomic E-state index is 11.6. The van der Waals surface area contributed by atoms with Gasteiger partial charge in [-0.1, -0.05) is 26.0 Å². The van der Waals surface area contributed by atoms with E-state index in [1.807, 2.05) is 24.5 Å². The Bertz CT molecular complexity index is 940. The van der Waals surface area contributed by atoms with Crippen LogP contribution in [0.2, 0.25) is 0 Å². The van der Waals surface area contributed by atoms with Crippen LogP contribution in [0.15, 0.2) is 42.5 Å². The molecule has 3 rings (SSSR count). The van der Waals surface area contributed by atoms with Crippen molar-refractivity contribution in [3.63, 3.8) is 0 Å². The van der Waals surface area contributed by atoms with Gasteiger partial charge in [-0.15, -0.1) is 0 Å². The standard InChI is InChI=1S/C20H21NO4/c1-12(2)19-20(25-13(3)22)17-8-7-16(24)10-18(17)21(19)11-14-5-4-6-15(23)9-14/h4-10,12,23-24H,11H2,1-3H3. The SMILES string of the molecule is CC(=O)Oc1c(C(C)C)n(Cc2cccc(O)c2)c2cc(O)ccc12. The van der Waals surface area contributed by atoms with Crippen molar-refractivity contribution in [2.45, 2.75) is 33.2 Å².